The average molecular weight is 479 g/mol. The molecule has 0 bridgehead atoms. The maximum absolute atomic E-state index is 12.7. The molecule has 0 aliphatic carbocycles. The molecule has 34 heavy (non-hydrogen) atoms. The quantitative estimate of drug-likeness (QED) is 0.0917. The van der Waals surface area contributed by atoms with Crippen molar-refractivity contribution in [3.8, 4) is 0 Å². The minimum absolute atomic E-state index is 0.0749. The fourth-order valence-corrected chi connectivity index (χ4v) is 5.19. The van der Waals surface area contributed by atoms with Gasteiger partial charge in [0.05, 0.1) is 0 Å². The van der Waals surface area contributed by atoms with Crippen LogP contribution in [0.15, 0.2) is 53.4 Å². The van der Waals surface area contributed by atoms with Gasteiger partial charge in [0.15, 0.2) is 5.78 Å². The Morgan fingerprint density at radius 1 is 0.735 bits per heavy atom. The highest BCUT2D eigenvalue weighted by molar-refractivity contribution is 7.99. The van der Waals surface area contributed by atoms with Gasteiger partial charge in [0.1, 0.15) is 0 Å². The summed E-state index contributed by atoms with van der Waals surface area (Å²) in [4.78, 5) is 13.9. The first-order chi connectivity index (χ1) is 16.7. The number of unbranched alkanes of at least 4 members (excludes halogenated alkanes) is 10. The van der Waals surface area contributed by atoms with Crippen molar-refractivity contribution < 1.29 is 4.79 Å². The lowest BCUT2D eigenvalue weighted by atomic mass is 9.99. The predicted molar refractivity (Wildman–Crippen MR) is 152 cm³/mol. The molecule has 1 nitrogen and oxygen atoms in total. The molecule has 2 rings (SSSR count). The highest BCUT2D eigenvalue weighted by atomic mass is 32.2. The summed E-state index contributed by atoms with van der Waals surface area (Å²) in [7, 11) is 0. The molecule has 0 atom stereocenters. The third-order valence-corrected chi connectivity index (χ3v) is 7.67. The molecule has 0 aromatic heterocycles. The molecule has 0 heterocycles. The number of ketones is 1. The standard InChI is InChI=1S/C32H46OS/c1-4-7-8-9-10-11-12-13-14-15-16-25-34-31-22-19-29(20-23-31)32(33)24-21-30-26-27(5-2)17-18-28(30)6-3/h17-24,26H,4-16,25H2,1-3H3/b24-21+. The minimum Gasteiger partial charge on any atom is -0.289 e. The Morgan fingerprint density at radius 3 is 1.94 bits per heavy atom. The number of allylic oxidation sites excluding steroid dienone is 1. The van der Waals surface area contributed by atoms with E-state index in [1.54, 1.807) is 6.08 Å². The molecule has 0 saturated carbocycles. The molecular formula is C32H46OS. The summed E-state index contributed by atoms with van der Waals surface area (Å²) in [6, 6.07) is 14.7. The summed E-state index contributed by atoms with van der Waals surface area (Å²) in [5.74, 6) is 1.24. The molecule has 2 aromatic carbocycles. The highest BCUT2D eigenvalue weighted by Gasteiger charge is 2.04. The van der Waals surface area contributed by atoms with Crippen molar-refractivity contribution in [1.82, 2.24) is 0 Å². The van der Waals surface area contributed by atoms with Crippen LogP contribution in [0.1, 0.15) is 118 Å². The third kappa shape index (κ3) is 11.1. The Morgan fingerprint density at radius 2 is 1.35 bits per heavy atom. The van der Waals surface area contributed by atoms with E-state index in [0.29, 0.717) is 0 Å². The molecule has 0 amide bonds. The maximum atomic E-state index is 12.7. The lowest BCUT2D eigenvalue weighted by Crippen LogP contribution is -1.95. The van der Waals surface area contributed by atoms with E-state index in [2.05, 4.69) is 51.1 Å². The number of hydrogen-bond acceptors (Lipinski definition) is 2. The zero-order valence-corrected chi connectivity index (χ0v) is 22.7. The molecule has 186 valence electrons. The van der Waals surface area contributed by atoms with Gasteiger partial charge in [-0.1, -0.05) is 109 Å². The molecular weight excluding hydrogens is 432 g/mol. The van der Waals surface area contributed by atoms with Crippen LogP contribution in [0.25, 0.3) is 6.08 Å². The van der Waals surface area contributed by atoms with Gasteiger partial charge in [-0.25, -0.2) is 0 Å². The smallest absolute Gasteiger partial charge is 0.185 e. The number of carbonyl (C=O) groups excluding carboxylic acids is 1. The number of aryl methyl sites for hydroxylation is 2. The van der Waals surface area contributed by atoms with Crippen LogP contribution in [-0.4, -0.2) is 11.5 Å². The van der Waals surface area contributed by atoms with Crippen LogP contribution in [-0.2, 0) is 12.8 Å². The molecule has 0 N–H and O–H groups in total. The second-order valence-corrected chi connectivity index (χ2v) is 10.5. The van der Waals surface area contributed by atoms with Gasteiger partial charge in [0.2, 0.25) is 0 Å². The number of hydrogen-bond donors (Lipinski definition) is 0. The van der Waals surface area contributed by atoms with Crippen molar-refractivity contribution in [3.05, 3.63) is 70.8 Å². The van der Waals surface area contributed by atoms with Crippen molar-refractivity contribution in [1.29, 1.82) is 0 Å². The molecule has 2 aromatic rings. The lowest BCUT2D eigenvalue weighted by molar-refractivity contribution is 0.104. The van der Waals surface area contributed by atoms with Crippen molar-refractivity contribution in [2.24, 2.45) is 0 Å². The van der Waals surface area contributed by atoms with Gasteiger partial charge in [-0.15, -0.1) is 11.8 Å². The van der Waals surface area contributed by atoms with Gasteiger partial charge in [-0.3, -0.25) is 4.79 Å². The molecule has 0 radical (unpaired) electrons. The van der Waals surface area contributed by atoms with Gasteiger partial charge < -0.3 is 0 Å². The summed E-state index contributed by atoms with van der Waals surface area (Å²) in [5, 5.41) is 0. The van der Waals surface area contributed by atoms with Gasteiger partial charge in [0, 0.05) is 10.5 Å². The van der Waals surface area contributed by atoms with Crippen molar-refractivity contribution in [2.75, 3.05) is 5.75 Å². The Kier molecular flexibility index (Phi) is 14.7. The van der Waals surface area contributed by atoms with Gasteiger partial charge in [0.25, 0.3) is 0 Å². The van der Waals surface area contributed by atoms with E-state index in [9.17, 15) is 4.79 Å². The molecule has 0 unspecified atom stereocenters. The first-order valence-corrected chi connectivity index (χ1v) is 14.7. The largest absolute Gasteiger partial charge is 0.289 e. The van der Waals surface area contributed by atoms with E-state index >= 15 is 0 Å². The fraction of sp³-hybridized carbons (Fsp3) is 0.531. The van der Waals surface area contributed by atoms with Crippen molar-refractivity contribution >= 4 is 23.6 Å². The second kappa shape index (κ2) is 17.6. The topological polar surface area (TPSA) is 17.1 Å². The van der Waals surface area contributed by atoms with Gasteiger partial charge in [-0.05, 0) is 72.0 Å². The van der Waals surface area contributed by atoms with E-state index in [4.69, 9.17) is 0 Å². The molecule has 0 spiro atoms. The van der Waals surface area contributed by atoms with E-state index in [-0.39, 0.29) is 5.78 Å². The second-order valence-electron chi connectivity index (χ2n) is 9.35. The zero-order chi connectivity index (χ0) is 24.4. The lowest BCUT2D eigenvalue weighted by Gasteiger charge is -2.06. The van der Waals surface area contributed by atoms with Crippen LogP contribution in [0.4, 0.5) is 0 Å². The molecule has 2 heteroatoms. The Hall–Kier alpha value is -1.80. The normalized spacial score (nSPS) is 11.4. The SMILES string of the molecule is CCCCCCCCCCCCCSc1ccc(C(=O)/C=C/c2cc(CC)ccc2CC)cc1. The van der Waals surface area contributed by atoms with Crippen LogP contribution >= 0.6 is 11.8 Å². The van der Waals surface area contributed by atoms with Crippen LogP contribution in [0.5, 0.6) is 0 Å². The average Bonchev–Trinajstić information content (AvgIpc) is 2.88. The van der Waals surface area contributed by atoms with Crippen molar-refractivity contribution in [2.45, 2.75) is 109 Å². The Labute approximate surface area is 213 Å². The Bertz CT molecular complexity index is 850. The highest BCUT2D eigenvalue weighted by Crippen LogP contribution is 2.22. The summed E-state index contributed by atoms with van der Waals surface area (Å²) >= 11 is 1.91. The molecule has 0 aliphatic rings. The van der Waals surface area contributed by atoms with E-state index in [0.717, 1.165) is 29.7 Å². The maximum Gasteiger partial charge on any atom is 0.185 e. The zero-order valence-electron chi connectivity index (χ0n) is 21.9. The monoisotopic (exact) mass is 478 g/mol. The third-order valence-electron chi connectivity index (χ3n) is 6.57. The fourth-order valence-electron chi connectivity index (χ4n) is 4.27. The molecule has 0 aliphatic heterocycles. The van der Waals surface area contributed by atoms with E-state index in [1.165, 1.54) is 86.7 Å². The predicted octanol–water partition coefficient (Wildman–Crippen LogP) is 10.1. The van der Waals surface area contributed by atoms with Gasteiger partial charge in [-0.2, -0.15) is 0 Å². The van der Waals surface area contributed by atoms with Crippen molar-refractivity contribution in [3.63, 3.8) is 0 Å². The number of thioether (sulfide) groups is 1. The summed E-state index contributed by atoms with van der Waals surface area (Å²) in [6.45, 7) is 6.60. The minimum atomic E-state index is 0.0749. The molecule has 0 fully saturated rings. The molecule has 0 saturated heterocycles. The van der Waals surface area contributed by atoms with Crippen LogP contribution in [0.2, 0.25) is 0 Å². The Balaban J connectivity index is 1.65. The van der Waals surface area contributed by atoms with Crippen LogP contribution < -0.4 is 0 Å². The number of rotatable bonds is 18. The summed E-state index contributed by atoms with van der Waals surface area (Å²) < 4.78 is 0. The first kappa shape index (κ1) is 28.4. The summed E-state index contributed by atoms with van der Waals surface area (Å²) in [6.07, 6.45) is 20.9. The first-order valence-electron chi connectivity index (χ1n) is 13.7. The van der Waals surface area contributed by atoms with Crippen LogP contribution in [0, 0.1) is 0 Å². The van der Waals surface area contributed by atoms with Gasteiger partial charge >= 0.3 is 0 Å². The number of benzene rings is 2. The summed E-state index contributed by atoms with van der Waals surface area (Å²) in [5.41, 5.74) is 4.52. The van der Waals surface area contributed by atoms with E-state index in [1.807, 2.05) is 30.0 Å². The van der Waals surface area contributed by atoms with E-state index < -0.39 is 0 Å². The van der Waals surface area contributed by atoms with Crippen LogP contribution in [0.3, 0.4) is 0 Å². The number of carbonyl (C=O) groups is 1.